The zero-order valence-corrected chi connectivity index (χ0v) is 12.7. The lowest BCUT2D eigenvalue weighted by Crippen LogP contribution is -2.02. The Labute approximate surface area is 124 Å². The SMILES string of the molecule is Cc1ccc(F)c(CNc2ccc(I)cc2Cl)c1. The van der Waals surface area contributed by atoms with Gasteiger partial charge in [-0.15, -0.1) is 0 Å². The van der Waals surface area contributed by atoms with Crippen LogP contribution in [0.25, 0.3) is 0 Å². The number of halogens is 3. The molecule has 0 atom stereocenters. The van der Waals surface area contributed by atoms with Crippen molar-refractivity contribution in [1.82, 2.24) is 0 Å². The van der Waals surface area contributed by atoms with Crippen molar-refractivity contribution in [2.75, 3.05) is 5.32 Å². The van der Waals surface area contributed by atoms with E-state index in [1.165, 1.54) is 6.07 Å². The van der Waals surface area contributed by atoms with Crippen LogP contribution in [-0.4, -0.2) is 0 Å². The minimum Gasteiger partial charge on any atom is -0.380 e. The van der Waals surface area contributed by atoms with Crippen LogP contribution in [-0.2, 0) is 6.54 Å². The van der Waals surface area contributed by atoms with E-state index in [9.17, 15) is 4.39 Å². The molecule has 2 aromatic rings. The van der Waals surface area contributed by atoms with E-state index < -0.39 is 0 Å². The summed E-state index contributed by atoms with van der Waals surface area (Å²) in [7, 11) is 0. The number of hydrogen-bond donors (Lipinski definition) is 1. The summed E-state index contributed by atoms with van der Waals surface area (Å²) in [6.45, 7) is 2.37. The molecule has 2 aromatic carbocycles. The zero-order chi connectivity index (χ0) is 13.1. The smallest absolute Gasteiger partial charge is 0.128 e. The second kappa shape index (κ2) is 5.89. The average molecular weight is 376 g/mol. The van der Waals surface area contributed by atoms with E-state index in [1.54, 1.807) is 6.07 Å². The van der Waals surface area contributed by atoms with Gasteiger partial charge in [-0.3, -0.25) is 0 Å². The maximum absolute atomic E-state index is 13.6. The van der Waals surface area contributed by atoms with Gasteiger partial charge in [0.15, 0.2) is 0 Å². The van der Waals surface area contributed by atoms with E-state index in [4.69, 9.17) is 11.6 Å². The Morgan fingerprint density at radius 2 is 2.00 bits per heavy atom. The highest BCUT2D eigenvalue weighted by Crippen LogP contribution is 2.24. The molecule has 0 amide bonds. The molecule has 18 heavy (non-hydrogen) atoms. The highest BCUT2D eigenvalue weighted by atomic mass is 127. The first-order valence-corrected chi connectivity index (χ1v) is 6.96. The summed E-state index contributed by atoms with van der Waals surface area (Å²) >= 11 is 8.31. The first-order valence-electron chi connectivity index (χ1n) is 5.50. The van der Waals surface area contributed by atoms with E-state index >= 15 is 0 Å². The number of nitrogens with one attached hydrogen (secondary N) is 1. The molecule has 0 heterocycles. The van der Waals surface area contributed by atoms with Crippen LogP contribution >= 0.6 is 34.2 Å². The Bertz CT molecular complexity index is 572. The number of rotatable bonds is 3. The lowest BCUT2D eigenvalue weighted by Gasteiger charge is -2.10. The minimum atomic E-state index is -0.199. The molecule has 0 spiro atoms. The van der Waals surface area contributed by atoms with Gasteiger partial charge in [-0.05, 0) is 53.8 Å². The van der Waals surface area contributed by atoms with Gasteiger partial charge in [-0.2, -0.15) is 0 Å². The van der Waals surface area contributed by atoms with Gasteiger partial charge >= 0.3 is 0 Å². The molecule has 0 aliphatic heterocycles. The third-order valence-corrected chi connectivity index (χ3v) is 3.59. The summed E-state index contributed by atoms with van der Waals surface area (Å²) in [5, 5.41) is 3.80. The number of hydrogen-bond acceptors (Lipinski definition) is 1. The van der Waals surface area contributed by atoms with Crippen molar-refractivity contribution in [3.8, 4) is 0 Å². The van der Waals surface area contributed by atoms with Gasteiger partial charge in [0.2, 0.25) is 0 Å². The topological polar surface area (TPSA) is 12.0 Å². The van der Waals surface area contributed by atoms with Gasteiger partial charge in [-0.1, -0.05) is 29.3 Å². The molecule has 0 bridgehead atoms. The number of benzene rings is 2. The van der Waals surface area contributed by atoms with Crippen molar-refractivity contribution in [2.45, 2.75) is 13.5 Å². The summed E-state index contributed by atoms with van der Waals surface area (Å²) in [6.07, 6.45) is 0. The van der Waals surface area contributed by atoms with Crippen molar-refractivity contribution >= 4 is 39.9 Å². The Balaban J connectivity index is 2.13. The monoisotopic (exact) mass is 375 g/mol. The molecule has 0 fully saturated rings. The second-order valence-electron chi connectivity index (χ2n) is 4.07. The number of aryl methyl sites for hydroxylation is 1. The van der Waals surface area contributed by atoms with Crippen LogP contribution in [0.5, 0.6) is 0 Å². The molecule has 0 aromatic heterocycles. The second-order valence-corrected chi connectivity index (χ2v) is 5.73. The van der Waals surface area contributed by atoms with Crippen molar-refractivity contribution in [2.24, 2.45) is 0 Å². The largest absolute Gasteiger partial charge is 0.380 e. The summed E-state index contributed by atoms with van der Waals surface area (Å²) in [6, 6.07) is 10.8. The quantitative estimate of drug-likeness (QED) is 0.744. The van der Waals surface area contributed by atoms with Gasteiger partial charge in [0.1, 0.15) is 5.82 Å². The molecule has 4 heteroatoms. The molecule has 1 nitrogen and oxygen atoms in total. The summed E-state index contributed by atoms with van der Waals surface area (Å²) in [4.78, 5) is 0. The summed E-state index contributed by atoms with van der Waals surface area (Å²) in [5.41, 5.74) is 2.50. The lowest BCUT2D eigenvalue weighted by atomic mass is 10.1. The molecular formula is C14H12ClFIN. The predicted molar refractivity (Wildman–Crippen MR) is 82.6 cm³/mol. The maximum Gasteiger partial charge on any atom is 0.128 e. The average Bonchev–Trinajstić information content (AvgIpc) is 2.32. The first-order chi connectivity index (χ1) is 8.56. The van der Waals surface area contributed by atoms with Gasteiger partial charge < -0.3 is 5.32 Å². The Morgan fingerprint density at radius 3 is 2.72 bits per heavy atom. The highest BCUT2D eigenvalue weighted by molar-refractivity contribution is 14.1. The predicted octanol–water partition coefficient (Wildman–Crippen LogP) is 5.00. The van der Waals surface area contributed by atoms with Crippen LogP contribution in [0, 0.1) is 16.3 Å². The van der Waals surface area contributed by atoms with E-state index in [1.807, 2.05) is 31.2 Å². The van der Waals surface area contributed by atoms with Crippen molar-refractivity contribution in [1.29, 1.82) is 0 Å². The molecule has 0 radical (unpaired) electrons. The van der Waals surface area contributed by atoms with Crippen molar-refractivity contribution in [3.05, 3.63) is 61.9 Å². The fraction of sp³-hybridized carbons (Fsp3) is 0.143. The van der Waals surface area contributed by atoms with Crippen LogP contribution in [0.1, 0.15) is 11.1 Å². The van der Waals surface area contributed by atoms with Gasteiger partial charge in [-0.25, -0.2) is 4.39 Å². The third-order valence-electron chi connectivity index (χ3n) is 2.60. The molecule has 0 unspecified atom stereocenters. The summed E-state index contributed by atoms with van der Waals surface area (Å²) in [5.74, 6) is -0.199. The zero-order valence-electron chi connectivity index (χ0n) is 9.81. The molecule has 0 saturated carbocycles. The van der Waals surface area contributed by atoms with E-state index in [-0.39, 0.29) is 5.82 Å². The van der Waals surface area contributed by atoms with Crippen LogP contribution < -0.4 is 5.32 Å². The Hall–Kier alpha value is -0.810. The number of anilines is 1. The molecule has 0 aliphatic rings. The summed E-state index contributed by atoms with van der Waals surface area (Å²) < 4.78 is 14.6. The standard InChI is InChI=1S/C14H12ClFIN/c1-9-2-4-13(16)10(6-9)8-18-14-5-3-11(17)7-12(14)15/h2-7,18H,8H2,1H3. The Morgan fingerprint density at radius 1 is 1.22 bits per heavy atom. The van der Waals surface area contributed by atoms with Gasteiger partial charge in [0.25, 0.3) is 0 Å². The maximum atomic E-state index is 13.6. The van der Waals surface area contributed by atoms with Gasteiger partial charge in [0, 0.05) is 15.7 Å². The van der Waals surface area contributed by atoms with Crippen LogP contribution in [0.2, 0.25) is 5.02 Å². The normalized spacial score (nSPS) is 10.4. The van der Waals surface area contributed by atoms with Crippen molar-refractivity contribution < 1.29 is 4.39 Å². The fourth-order valence-electron chi connectivity index (χ4n) is 1.66. The molecular weight excluding hydrogens is 364 g/mol. The van der Waals surface area contributed by atoms with Crippen LogP contribution in [0.4, 0.5) is 10.1 Å². The van der Waals surface area contributed by atoms with Crippen LogP contribution in [0.15, 0.2) is 36.4 Å². The van der Waals surface area contributed by atoms with E-state index in [2.05, 4.69) is 27.9 Å². The minimum absolute atomic E-state index is 0.199. The Kier molecular flexibility index (Phi) is 4.45. The molecule has 0 saturated heterocycles. The molecule has 0 aliphatic carbocycles. The van der Waals surface area contributed by atoms with E-state index in [0.29, 0.717) is 17.1 Å². The molecule has 1 N–H and O–H groups in total. The van der Waals surface area contributed by atoms with Crippen LogP contribution in [0.3, 0.4) is 0 Å². The third kappa shape index (κ3) is 3.36. The van der Waals surface area contributed by atoms with Gasteiger partial charge in [0.05, 0.1) is 10.7 Å². The fourth-order valence-corrected chi connectivity index (χ4v) is 2.58. The lowest BCUT2D eigenvalue weighted by molar-refractivity contribution is 0.612. The molecule has 94 valence electrons. The van der Waals surface area contributed by atoms with E-state index in [0.717, 1.165) is 14.8 Å². The molecule has 2 rings (SSSR count). The van der Waals surface area contributed by atoms with Crippen molar-refractivity contribution in [3.63, 3.8) is 0 Å². The highest BCUT2D eigenvalue weighted by Gasteiger charge is 2.04. The first kappa shape index (κ1) is 13.6.